The fourth-order valence-electron chi connectivity index (χ4n) is 8.62. The van der Waals surface area contributed by atoms with E-state index in [4.69, 9.17) is 15.0 Å². The lowest BCUT2D eigenvalue weighted by molar-refractivity contribution is 1.17. The first-order valence-corrected chi connectivity index (χ1v) is 20.3. The average molecular weight is 757 g/mol. The molecule has 0 unspecified atom stereocenters. The van der Waals surface area contributed by atoms with Crippen LogP contribution >= 0.6 is 11.3 Å². The summed E-state index contributed by atoms with van der Waals surface area (Å²) in [7, 11) is 0. The zero-order chi connectivity index (χ0) is 38.2. The van der Waals surface area contributed by atoms with E-state index >= 15 is 0 Å². The molecule has 4 aromatic heterocycles. The maximum Gasteiger partial charge on any atom is 0.160 e. The van der Waals surface area contributed by atoms with Crippen molar-refractivity contribution in [1.82, 2.24) is 19.5 Å². The Morgan fingerprint density at radius 1 is 0.397 bits per heavy atom. The van der Waals surface area contributed by atoms with Gasteiger partial charge in [-0.3, -0.25) is 0 Å². The largest absolute Gasteiger partial charge is 0.309 e. The highest BCUT2D eigenvalue weighted by molar-refractivity contribution is 7.26. The molecule has 0 radical (unpaired) electrons. The van der Waals surface area contributed by atoms with Crippen LogP contribution in [0.25, 0.3) is 115 Å². The Labute approximate surface area is 338 Å². The number of thiophene rings is 1. The number of para-hydroxylation sites is 3. The standard InChI is InChI=1S/C53H32N4S/c1-2-13-35(14-3-1)53-55-45(34-24-27-39(28-25-34)57-47-20-10-7-16-40(47)41-17-8-11-21-48(41)57)32-46(56-53)37-26-29-49-43(31-37)50-42-18-6-9-19-44(42)54-51(52(50)58-49)38-23-22-33-12-4-5-15-36(33)30-38/h1-32H. The van der Waals surface area contributed by atoms with Gasteiger partial charge in [0.25, 0.3) is 0 Å². The second-order valence-electron chi connectivity index (χ2n) is 14.8. The maximum absolute atomic E-state index is 5.29. The van der Waals surface area contributed by atoms with Crippen LogP contribution in [0, 0.1) is 0 Å². The highest BCUT2D eigenvalue weighted by Gasteiger charge is 2.19. The summed E-state index contributed by atoms with van der Waals surface area (Å²) in [6.07, 6.45) is 0. The van der Waals surface area contributed by atoms with Crippen LogP contribution in [0.15, 0.2) is 194 Å². The minimum atomic E-state index is 0.697. The molecule has 0 spiro atoms. The van der Waals surface area contributed by atoms with Crippen LogP contribution in [0.4, 0.5) is 0 Å². The van der Waals surface area contributed by atoms with Crippen molar-refractivity contribution in [3.63, 3.8) is 0 Å². The zero-order valence-electron chi connectivity index (χ0n) is 31.2. The van der Waals surface area contributed by atoms with E-state index in [1.54, 1.807) is 0 Å². The molecule has 0 bridgehead atoms. The predicted octanol–water partition coefficient (Wildman–Crippen LogP) is 14.3. The van der Waals surface area contributed by atoms with Crippen molar-refractivity contribution >= 4 is 75.0 Å². The molecule has 58 heavy (non-hydrogen) atoms. The molecule has 270 valence electrons. The first kappa shape index (κ1) is 32.7. The van der Waals surface area contributed by atoms with Gasteiger partial charge < -0.3 is 4.57 Å². The third-order valence-electron chi connectivity index (χ3n) is 11.4. The molecule has 5 heteroatoms. The molecule has 0 aliphatic heterocycles. The van der Waals surface area contributed by atoms with Gasteiger partial charge in [0.15, 0.2) is 5.82 Å². The molecule has 4 heterocycles. The van der Waals surface area contributed by atoms with Crippen molar-refractivity contribution in [2.24, 2.45) is 0 Å². The van der Waals surface area contributed by atoms with E-state index in [2.05, 4.69) is 180 Å². The summed E-state index contributed by atoms with van der Waals surface area (Å²) in [5, 5.41) is 8.52. The summed E-state index contributed by atoms with van der Waals surface area (Å²) in [5.41, 5.74) is 11.4. The number of aromatic nitrogens is 4. The Kier molecular flexibility index (Phi) is 7.37. The van der Waals surface area contributed by atoms with Crippen molar-refractivity contribution in [2.45, 2.75) is 0 Å². The third-order valence-corrected chi connectivity index (χ3v) is 12.6. The molecule has 0 amide bonds. The van der Waals surface area contributed by atoms with Crippen LogP contribution in [0.5, 0.6) is 0 Å². The van der Waals surface area contributed by atoms with E-state index in [0.29, 0.717) is 5.82 Å². The molecule has 0 atom stereocenters. The van der Waals surface area contributed by atoms with Gasteiger partial charge in [-0.1, -0.05) is 140 Å². The Hall–Kier alpha value is -7.47. The molecule has 12 aromatic rings. The van der Waals surface area contributed by atoms with Crippen LogP contribution in [0.2, 0.25) is 0 Å². The summed E-state index contributed by atoms with van der Waals surface area (Å²) < 4.78 is 4.76. The Morgan fingerprint density at radius 3 is 1.79 bits per heavy atom. The zero-order valence-corrected chi connectivity index (χ0v) is 32.0. The van der Waals surface area contributed by atoms with E-state index in [0.717, 1.165) is 55.9 Å². The molecular weight excluding hydrogens is 725 g/mol. The summed E-state index contributed by atoms with van der Waals surface area (Å²) in [6, 6.07) is 68.9. The van der Waals surface area contributed by atoms with Gasteiger partial charge in [-0.2, -0.15) is 0 Å². The molecule has 0 N–H and O–H groups in total. The normalized spacial score (nSPS) is 11.8. The molecule has 0 aliphatic rings. The van der Waals surface area contributed by atoms with Crippen molar-refractivity contribution in [1.29, 1.82) is 0 Å². The molecular formula is C53H32N4S. The van der Waals surface area contributed by atoms with Crippen molar-refractivity contribution in [3.8, 4) is 50.8 Å². The monoisotopic (exact) mass is 756 g/mol. The first-order valence-electron chi connectivity index (χ1n) is 19.5. The second kappa shape index (κ2) is 13.1. The van der Waals surface area contributed by atoms with Crippen molar-refractivity contribution in [2.75, 3.05) is 0 Å². The van der Waals surface area contributed by atoms with Gasteiger partial charge in [-0.15, -0.1) is 11.3 Å². The van der Waals surface area contributed by atoms with Crippen LogP contribution in [-0.4, -0.2) is 19.5 Å². The minimum absolute atomic E-state index is 0.697. The predicted molar refractivity (Wildman–Crippen MR) is 244 cm³/mol. The molecule has 0 fully saturated rings. The molecule has 12 rings (SSSR count). The van der Waals surface area contributed by atoms with E-state index in [-0.39, 0.29) is 0 Å². The fourth-order valence-corrected chi connectivity index (χ4v) is 9.83. The topological polar surface area (TPSA) is 43.6 Å². The Bertz CT molecular complexity index is 3510. The maximum atomic E-state index is 5.29. The summed E-state index contributed by atoms with van der Waals surface area (Å²) >= 11 is 1.81. The number of fused-ring (bicyclic) bond motifs is 9. The molecule has 0 saturated heterocycles. The lowest BCUT2D eigenvalue weighted by atomic mass is 10.00. The summed E-state index contributed by atoms with van der Waals surface area (Å²) in [5.74, 6) is 0.697. The number of pyridine rings is 1. The minimum Gasteiger partial charge on any atom is -0.309 e. The van der Waals surface area contributed by atoms with Gasteiger partial charge in [0.2, 0.25) is 0 Å². The van der Waals surface area contributed by atoms with Gasteiger partial charge in [0.05, 0.1) is 38.3 Å². The van der Waals surface area contributed by atoms with E-state index in [1.165, 1.54) is 52.8 Å². The lowest BCUT2D eigenvalue weighted by Crippen LogP contribution is -1.97. The van der Waals surface area contributed by atoms with E-state index < -0.39 is 0 Å². The highest BCUT2D eigenvalue weighted by Crippen LogP contribution is 2.44. The lowest BCUT2D eigenvalue weighted by Gasteiger charge is -2.12. The first-order chi connectivity index (χ1) is 28.7. The molecule has 4 nitrogen and oxygen atoms in total. The quantitative estimate of drug-likeness (QED) is 0.176. The second-order valence-corrected chi connectivity index (χ2v) is 15.9. The number of nitrogens with zero attached hydrogens (tertiary/aromatic N) is 4. The van der Waals surface area contributed by atoms with Crippen molar-refractivity contribution in [3.05, 3.63) is 194 Å². The number of benzene rings is 8. The van der Waals surface area contributed by atoms with Crippen LogP contribution in [0.3, 0.4) is 0 Å². The van der Waals surface area contributed by atoms with Gasteiger partial charge in [0, 0.05) is 59.6 Å². The van der Waals surface area contributed by atoms with Crippen LogP contribution in [-0.2, 0) is 0 Å². The number of hydrogen-bond acceptors (Lipinski definition) is 4. The Balaban J connectivity index is 1.02. The highest BCUT2D eigenvalue weighted by atomic mass is 32.1. The van der Waals surface area contributed by atoms with Gasteiger partial charge in [0.1, 0.15) is 0 Å². The van der Waals surface area contributed by atoms with Crippen LogP contribution < -0.4 is 0 Å². The number of rotatable bonds is 5. The smallest absolute Gasteiger partial charge is 0.160 e. The number of hydrogen-bond donors (Lipinski definition) is 0. The van der Waals surface area contributed by atoms with Gasteiger partial charge >= 0.3 is 0 Å². The van der Waals surface area contributed by atoms with Crippen molar-refractivity contribution < 1.29 is 0 Å². The summed E-state index contributed by atoms with van der Waals surface area (Å²) in [6.45, 7) is 0. The van der Waals surface area contributed by atoms with Gasteiger partial charge in [-0.05, 0) is 65.4 Å². The molecule has 0 aliphatic carbocycles. The van der Waals surface area contributed by atoms with Crippen LogP contribution in [0.1, 0.15) is 0 Å². The molecule has 0 saturated carbocycles. The summed E-state index contributed by atoms with van der Waals surface area (Å²) in [4.78, 5) is 15.7. The third kappa shape index (κ3) is 5.25. The average Bonchev–Trinajstić information content (AvgIpc) is 3.85. The SMILES string of the molecule is c1ccc(-c2nc(-c3ccc(-n4c5ccccc5c5ccccc54)cc3)cc(-c3ccc4sc5c(-c6ccc7ccccc7c6)nc6ccccc6c5c4c3)n2)cc1. The fraction of sp³-hybridized carbons (Fsp3) is 0. The molecule has 8 aromatic carbocycles. The Morgan fingerprint density at radius 2 is 1.02 bits per heavy atom. The van der Waals surface area contributed by atoms with Gasteiger partial charge in [-0.25, -0.2) is 15.0 Å². The van der Waals surface area contributed by atoms with E-state index in [9.17, 15) is 0 Å². The van der Waals surface area contributed by atoms with E-state index in [1.807, 2.05) is 29.5 Å².